The fourth-order valence-electron chi connectivity index (χ4n) is 4.60. The number of rotatable bonds is 8. The maximum Gasteiger partial charge on any atom is 0.247 e. The van der Waals surface area contributed by atoms with Crippen LogP contribution in [0.25, 0.3) is 11.1 Å². The fraction of sp³-hybridized carbons (Fsp3) is 0.393. The zero-order chi connectivity index (χ0) is 26.6. The molecule has 3 aromatic rings. The Morgan fingerprint density at radius 2 is 1.97 bits per heavy atom. The number of fused-ring (bicyclic) bond motifs is 1. The number of hydrogen-bond acceptors (Lipinski definition) is 7. The van der Waals surface area contributed by atoms with Crippen LogP contribution in [0.3, 0.4) is 0 Å². The number of sulfonamides is 1. The van der Waals surface area contributed by atoms with Crippen LogP contribution < -0.4 is 9.47 Å². The Morgan fingerprint density at radius 1 is 1.19 bits per heavy atom. The predicted octanol–water partition coefficient (Wildman–Crippen LogP) is 3.66. The van der Waals surface area contributed by atoms with Gasteiger partial charge in [0.25, 0.3) is 0 Å². The second-order valence-corrected chi connectivity index (χ2v) is 11.6. The third-order valence-electron chi connectivity index (χ3n) is 6.74. The van der Waals surface area contributed by atoms with E-state index in [9.17, 15) is 13.5 Å². The molecule has 198 valence electrons. The summed E-state index contributed by atoms with van der Waals surface area (Å²) < 4.78 is 40.8. The number of ether oxygens (including phenoxy) is 2. The fourth-order valence-corrected chi connectivity index (χ4v) is 6.43. The molecule has 3 atom stereocenters. The molecule has 1 aliphatic rings. The van der Waals surface area contributed by atoms with Crippen LogP contribution >= 0.6 is 0 Å². The van der Waals surface area contributed by atoms with Gasteiger partial charge in [-0.3, -0.25) is 9.88 Å². The zero-order valence-electron chi connectivity index (χ0n) is 21.7. The molecule has 1 aromatic heterocycles. The maximum absolute atomic E-state index is 13.7. The minimum absolute atomic E-state index is 0.103. The number of aliphatic hydroxyl groups is 1. The Morgan fingerprint density at radius 3 is 2.68 bits per heavy atom. The molecule has 4 rings (SSSR count). The van der Waals surface area contributed by atoms with Gasteiger partial charge in [0, 0.05) is 44.0 Å². The van der Waals surface area contributed by atoms with Crippen molar-refractivity contribution in [2.24, 2.45) is 5.92 Å². The molecule has 8 nitrogen and oxygen atoms in total. The van der Waals surface area contributed by atoms with Crippen molar-refractivity contribution in [1.82, 2.24) is 14.2 Å². The van der Waals surface area contributed by atoms with E-state index >= 15 is 0 Å². The van der Waals surface area contributed by atoms with E-state index in [2.05, 4.69) is 9.88 Å². The number of aromatic nitrogens is 1. The summed E-state index contributed by atoms with van der Waals surface area (Å²) in [5, 5.41) is 9.87. The van der Waals surface area contributed by atoms with Gasteiger partial charge in [0.2, 0.25) is 10.0 Å². The van der Waals surface area contributed by atoms with Crippen LogP contribution in [0.4, 0.5) is 0 Å². The molecule has 0 aliphatic carbocycles. The highest BCUT2D eigenvalue weighted by Crippen LogP contribution is 2.37. The van der Waals surface area contributed by atoms with Crippen molar-refractivity contribution in [3.63, 3.8) is 0 Å². The van der Waals surface area contributed by atoms with Crippen molar-refractivity contribution in [1.29, 1.82) is 0 Å². The van der Waals surface area contributed by atoms with E-state index in [1.165, 1.54) is 4.31 Å². The van der Waals surface area contributed by atoms with E-state index < -0.39 is 16.1 Å². The van der Waals surface area contributed by atoms with Gasteiger partial charge in [-0.2, -0.15) is 4.31 Å². The van der Waals surface area contributed by atoms with Gasteiger partial charge in [-0.1, -0.05) is 31.2 Å². The van der Waals surface area contributed by atoms with Gasteiger partial charge in [-0.05, 0) is 61.0 Å². The number of pyridine rings is 1. The number of benzene rings is 2. The van der Waals surface area contributed by atoms with E-state index in [0.717, 1.165) is 16.7 Å². The molecule has 0 amide bonds. The van der Waals surface area contributed by atoms with E-state index in [-0.39, 0.29) is 30.1 Å². The Hall–Kier alpha value is -2.98. The average molecular weight is 526 g/mol. The molecule has 2 aromatic carbocycles. The van der Waals surface area contributed by atoms with Crippen molar-refractivity contribution in [2.75, 3.05) is 33.9 Å². The third-order valence-corrected chi connectivity index (χ3v) is 8.76. The average Bonchev–Trinajstić information content (AvgIpc) is 2.90. The molecule has 1 N–H and O–H groups in total. The van der Waals surface area contributed by atoms with Gasteiger partial charge < -0.3 is 14.6 Å². The first-order valence-corrected chi connectivity index (χ1v) is 13.8. The lowest BCUT2D eigenvalue weighted by molar-refractivity contribution is 0.0734. The Kier molecular flexibility index (Phi) is 8.49. The first-order valence-electron chi connectivity index (χ1n) is 12.4. The Balaban J connectivity index is 1.73. The lowest BCUT2D eigenvalue weighted by Gasteiger charge is -2.37. The van der Waals surface area contributed by atoms with Crippen LogP contribution in [0, 0.1) is 5.92 Å². The smallest absolute Gasteiger partial charge is 0.247 e. The summed E-state index contributed by atoms with van der Waals surface area (Å²) >= 11 is 0. The van der Waals surface area contributed by atoms with Gasteiger partial charge >= 0.3 is 0 Å². The largest absolute Gasteiger partial charge is 0.497 e. The summed E-state index contributed by atoms with van der Waals surface area (Å²) in [6.45, 7) is 4.96. The summed E-state index contributed by atoms with van der Waals surface area (Å²) in [5.74, 6) is 0.889. The monoisotopic (exact) mass is 525 g/mol. The molecule has 9 heteroatoms. The Labute approximate surface area is 219 Å². The van der Waals surface area contributed by atoms with Crippen LogP contribution in [-0.4, -0.2) is 73.7 Å². The molecule has 37 heavy (non-hydrogen) atoms. The molecule has 0 bridgehead atoms. The van der Waals surface area contributed by atoms with Crippen molar-refractivity contribution in [3.05, 3.63) is 72.6 Å². The van der Waals surface area contributed by atoms with E-state index in [1.54, 1.807) is 38.4 Å². The number of methoxy groups -OCH3 is 1. The van der Waals surface area contributed by atoms with E-state index in [0.29, 0.717) is 24.6 Å². The molecule has 1 aliphatic heterocycles. The number of nitrogens with zero attached hydrogens (tertiary/aromatic N) is 3. The second-order valence-electron chi connectivity index (χ2n) is 9.69. The van der Waals surface area contributed by atoms with Gasteiger partial charge in [0.05, 0.1) is 13.7 Å². The van der Waals surface area contributed by atoms with Gasteiger partial charge in [0.1, 0.15) is 22.5 Å². The molecule has 0 spiro atoms. The van der Waals surface area contributed by atoms with Crippen molar-refractivity contribution >= 4 is 10.0 Å². The number of likely N-dealkylation sites (N-methyl/N-ethyl adjacent to an activating group) is 1. The van der Waals surface area contributed by atoms with Crippen molar-refractivity contribution < 1.29 is 23.0 Å². The predicted molar refractivity (Wildman–Crippen MR) is 143 cm³/mol. The van der Waals surface area contributed by atoms with E-state index in [4.69, 9.17) is 9.47 Å². The van der Waals surface area contributed by atoms with Gasteiger partial charge in [-0.25, -0.2) is 8.42 Å². The molecule has 0 saturated heterocycles. The highest BCUT2D eigenvalue weighted by molar-refractivity contribution is 7.89. The van der Waals surface area contributed by atoms with Gasteiger partial charge in [0.15, 0.2) is 0 Å². The van der Waals surface area contributed by atoms with Crippen LogP contribution in [0.2, 0.25) is 0 Å². The highest BCUT2D eigenvalue weighted by Gasteiger charge is 2.38. The maximum atomic E-state index is 13.7. The lowest BCUT2D eigenvalue weighted by Crippen LogP contribution is -2.49. The topological polar surface area (TPSA) is 92.2 Å². The van der Waals surface area contributed by atoms with Crippen LogP contribution in [0.1, 0.15) is 19.4 Å². The Bertz CT molecular complexity index is 1300. The molecule has 2 heterocycles. The normalized spacial score (nSPS) is 20.4. The molecule has 0 saturated carbocycles. The third kappa shape index (κ3) is 6.13. The summed E-state index contributed by atoms with van der Waals surface area (Å²) in [5.41, 5.74) is 2.80. The van der Waals surface area contributed by atoms with Crippen LogP contribution in [-0.2, 0) is 16.6 Å². The minimum Gasteiger partial charge on any atom is -0.497 e. The summed E-state index contributed by atoms with van der Waals surface area (Å²) in [4.78, 5) is 6.45. The standard InChI is InChI=1S/C28H35N3O5S/c1-20-16-31(21(2)19-32)37(33,34)28-11-10-24(23-8-5-9-25(13-23)35-4)14-26(28)36-27(20)18-30(3)17-22-7-6-12-29-15-22/h5-15,20-21,27,32H,16-19H2,1-4H3/t20-,21-,27+/m1/s1. The quantitative estimate of drug-likeness (QED) is 0.480. The van der Waals surface area contributed by atoms with Gasteiger partial charge in [-0.15, -0.1) is 0 Å². The molecule has 0 unspecified atom stereocenters. The highest BCUT2D eigenvalue weighted by atomic mass is 32.2. The molecule has 0 fully saturated rings. The van der Waals surface area contributed by atoms with Crippen LogP contribution in [0.15, 0.2) is 71.9 Å². The zero-order valence-corrected chi connectivity index (χ0v) is 22.6. The SMILES string of the molecule is COc1cccc(-c2ccc3c(c2)O[C@@H](CN(C)Cc2cccnc2)[C@H](C)CN([C@H](C)CO)S3(=O)=O)c1. The summed E-state index contributed by atoms with van der Waals surface area (Å²) in [7, 11) is -0.272. The first-order chi connectivity index (χ1) is 17.7. The van der Waals surface area contributed by atoms with Crippen molar-refractivity contribution in [3.8, 4) is 22.6 Å². The lowest BCUT2D eigenvalue weighted by atomic mass is 10.0. The summed E-state index contributed by atoms with van der Waals surface area (Å²) in [6, 6.07) is 16.2. The molecular formula is C28H35N3O5S. The first kappa shape index (κ1) is 27.1. The number of hydrogen-bond donors (Lipinski definition) is 1. The summed E-state index contributed by atoms with van der Waals surface area (Å²) in [6.07, 6.45) is 3.30. The number of aliphatic hydroxyl groups excluding tert-OH is 1. The minimum atomic E-state index is -3.90. The van der Waals surface area contributed by atoms with E-state index in [1.807, 2.05) is 56.6 Å². The second kappa shape index (κ2) is 11.6. The van der Waals surface area contributed by atoms with Crippen LogP contribution in [0.5, 0.6) is 11.5 Å². The molecular weight excluding hydrogens is 490 g/mol. The van der Waals surface area contributed by atoms with Crippen molar-refractivity contribution in [2.45, 2.75) is 37.4 Å². The molecule has 0 radical (unpaired) electrons.